The van der Waals surface area contributed by atoms with Crippen LogP contribution < -0.4 is 10.3 Å². The van der Waals surface area contributed by atoms with Crippen molar-refractivity contribution in [3.8, 4) is 0 Å². The van der Waals surface area contributed by atoms with Crippen molar-refractivity contribution in [3.05, 3.63) is 57.5 Å². The Labute approximate surface area is 133 Å². The number of aryl methyl sites for hydroxylation is 2. The minimum Gasteiger partial charge on any atom is -0.478 e. The van der Waals surface area contributed by atoms with Crippen LogP contribution in [-0.2, 0) is 16.4 Å². The van der Waals surface area contributed by atoms with Crippen LogP contribution in [0, 0.1) is 6.92 Å². The van der Waals surface area contributed by atoms with E-state index in [2.05, 4.69) is 9.71 Å². The molecule has 1 aromatic heterocycles. The minimum atomic E-state index is -3.98. The largest absolute Gasteiger partial charge is 0.478 e. The highest BCUT2D eigenvalue weighted by atomic mass is 32.2. The lowest BCUT2D eigenvalue weighted by molar-refractivity contribution is 0.0696. The number of anilines is 1. The molecule has 23 heavy (non-hydrogen) atoms. The Morgan fingerprint density at radius 2 is 2.00 bits per heavy atom. The molecule has 0 fully saturated rings. The van der Waals surface area contributed by atoms with E-state index in [1.165, 1.54) is 24.4 Å². The van der Waals surface area contributed by atoms with Gasteiger partial charge < -0.3 is 10.1 Å². The quantitative estimate of drug-likeness (QED) is 0.769. The molecule has 7 nitrogen and oxygen atoms in total. The van der Waals surface area contributed by atoms with Crippen LogP contribution in [0.3, 0.4) is 0 Å². The van der Waals surface area contributed by atoms with Crippen molar-refractivity contribution in [2.75, 3.05) is 4.72 Å². The van der Waals surface area contributed by atoms with E-state index in [1.807, 2.05) is 0 Å². The van der Waals surface area contributed by atoms with Crippen LogP contribution >= 0.6 is 0 Å². The summed E-state index contributed by atoms with van der Waals surface area (Å²) in [6, 6.07) is 5.25. The highest BCUT2D eigenvalue weighted by Gasteiger charge is 2.21. The highest BCUT2D eigenvalue weighted by molar-refractivity contribution is 7.92. The Bertz CT molecular complexity index is 916. The molecular weight excluding hydrogens is 320 g/mol. The predicted molar refractivity (Wildman–Crippen MR) is 85.4 cm³/mol. The van der Waals surface area contributed by atoms with E-state index in [9.17, 15) is 18.0 Å². The van der Waals surface area contributed by atoms with Gasteiger partial charge in [-0.15, -0.1) is 0 Å². The fourth-order valence-electron chi connectivity index (χ4n) is 2.11. The lowest BCUT2D eigenvalue weighted by Crippen LogP contribution is -2.18. The summed E-state index contributed by atoms with van der Waals surface area (Å²) >= 11 is 0. The number of aromatic amines is 1. The summed E-state index contributed by atoms with van der Waals surface area (Å²) in [5.41, 5.74) is 0.745. The number of pyridine rings is 1. The van der Waals surface area contributed by atoms with Crippen LogP contribution in [0.2, 0.25) is 0 Å². The first-order valence-corrected chi connectivity index (χ1v) is 8.31. The van der Waals surface area contributed by atoms with Gasteiger partial charge in [-0.3, -0.25) is 9.52 Å². The first-order valence-electron chi connectivity index (χ1n) is 6.83. The molecule has 0 aliphatic carbocycles. The van der Waals surface area contributed by atoms with Crippen molar-refractivity contribution < 1.29 is 18.3 Å². The zero-order valence-corrected chi connectivity index (χ0v) is 13.4. The lowest BCUT2D eigenvalue weighted by Gasteiger charge is -2.13. The Balaban J connectivity index is 2.52. The molecule has 0 radical (unpaired) electrons. The maximum Gasteiger partial charge on any atom is 0.335 e. The summed E-state index contributed by atoms with van der Waals surface area (Å²) in [6.07, 6.45) is 1.70. The number of carbonyl (C=O) groups is 1. The summed E-state index contributed by atoms with van der Waals surface area (Å²) < 4.78 is 27.6. The molecule has 0 aliphatic heterocycles. The number of H-pyrrole nitrogens is 1. The molecule has 2 rings (SSSR count). The first kappa shape index (κ1) is 16.8. The fraction of sp³-hybridized carbons (Fsp3) is 0.200. The average Bonchev–Trinajstić information content (AvgIpc) is 2.49. The zero-order chi connectivity index (χ0) is 17.2. The Morgan fingerprint density at radius 3 is 2.57 bits per heavy atom. The smallest absolute Gasteiger partial charge is 0.335 e. The van der Waals surface area contributed by atoms with Gasteiger partial charge in [0.05, 0.1) is 16.1 Å². The van der Waals surface area contributed by atoms with E-state index >= 15 is 0 Å². The molecule has 3 N–H and O–H groups in total. The number of carboxylic acid groups (broad SMARTS) is 1. The number of sulfonamides is 1. The molecule has 0 unspecified atom stereocenters. The van der Waals surface area contributed by atoms with Gasteiger partial charge in [0.2, 0.25) is 5.56 Å². The van der Waals surface area contributed by atoms with E-state index in [0.29, 0.717) is 17.5 Å². The molecule has 0 amide bonds. The third-order valence-electron chi connectivity index (χ3n) is 3.36. The second-order valence-electron chi connectivity index (χ2n) is 4.98. The zero-order valence-electron chi connectivity index (χ0n) is 12.6. The van der Waals surface area contributed by atoms with Gasteiger partial charge in [-0.2, -0.15) is 0 Å². The van der Waals surface area contributed by atoms with E-state index in [0.717, 1.165) is 6.07 Å². The van der Waals surface area contributed by atoms with Gasteiger partial charge in [0, 0.05) is 12.3 Å². The molecule has 2 aromatic rings. The van der Waals surface area contributed by atoms with Gasteiger partial charge in [-0.05, 0) is 36.6 Å². The molecule has 0 aliphatic rings. The summed E-state index contributed by atoms with van der Waals surface area (Å²) in [4.78, 5) is 24.6. The Morgan fingerprint density at radius 1 is 1.30 bits per heavy atom. The topological polar surface area (TPSA) is 116 Å². The number of hydrogen-bond acceptors (Lipinski definition) is 4. The van der Waals surface area contributed by atoms with Crippen LogP contribution in [0.5, 0.6) is 0 Å². The number of aromatic nitrogens is 1. The predicted octanol–water partition coefficient (Wildman–Crippen LogP) is 1.74. The van der Waals surface area contributed by atoms with Gasteiger partial charge in [0.15, 0.2) is 0 Å². The summed E-state index contributed by atoms with van der Waals surface area (Å²) in [6.45, 7) is 3.38. The van der Waals surface area contributed by atoms with Gasteiger partial charge in [-0.25, -0.2) is 13.2 Å². The van der Waals surface area contributed by atoms with Crippen molar-refractivity contribution in [1.82, 2.24) is 4.98 Å². The SMILES string of the molecule is CCc1ccc(C(=O)O)cc1S(=O)(=O)Nc1c[nH]c(=O)cc1C. The normalized spacial score (nSPS) is 11.2. The molecule has 0 spiro atoms. The highest BCUT2D eigenvalue weighted by Crippen LogP contribution is 2.22. The van der Waals surface area contributed by atoms with Gasteiger partial charge in [0.25, 0.3) is 10.0 Å². The summed E-state index contributed by atoms with van der Waals surface area (Å²) in [5.74, 6) is -1.20. The van der Waals surface area contributed by atoms with E-state index in [4.69, 9.17) is 5.11 Å². The molecule has 8 heteroatoms. The second kappa shape index (κ2) is 6.25. The van der Waals surface area contributed by atoms with Crippen molar-refractivity contribution >= 4 is 21.7 Å². The minimum absolute atomic E-state index is 0.0921. The second-order valence-corrected chi connectivity index (χ2v) is 6.63. The van der Waals surface area contributed by atoms with Crippen LogP contribution in [0.15, 0.2) is 40.2 Å². The van der Waals surface area contributed by atoms with E-state index in [1.54, 1.807) is 13.8 Å². The van der Waals surface area contributed by atoms with E-state index < -0.39 is 16.0 Å². The third-order valence-corrected chi connectivity index (χ3v) is 4.81. The number of nitrogens with one attached hydrogen (secondary N) is 2. The van der Waals surface area contributed by atoms with Crippen molar-refractivity contribution in [2.45, 2.75) is 25.2 Å². The maximum atomic E-state index is 12.6. The molecule has 1 aromatic carbocycles. The maximum absolute atomic E-state index is 12.6. The standard InChI is InChI=1S/C15H16N2O5S/c1-3-10-4-5-11(15(19)20)7-13(10)23(21,22)17-12-8-16-14(18)6-9(12)2/h4-8,17H,3H2,1-2H3,(H,16,18)(H,19,20). The number of aromatic carboxylic acids is 1. The molecule has 1 heterocycles. The van der Waals surface area contributed by atoms with Gasteiger partial charge in [0.1, 0.15) is 0 Å². The molecule has 0 bridgehead atoms. The number of hydrogen-bond donors (Lipinski definition) is 3. The molecule has 0 saturated heterocycles. The number of rotatable bonds is 5. The fourth-order valence-corrected chi connectivity index (χ4v) is 3.57. The van der Waals surface area contributed by atoms with Crippen molar-refractivity contribution in [2.24, 2.45) is 0 Å². The van der Waals surface area contributed by atoms with Crippen molar-refractivity contribution in [1.29, 1.82) is 0 Å². The molecule has 0 saturated carbocycles. The lowest BCUT2D eigenvalue weighted by atomic mass is 10.1. The summed E-state index contributed by atoms with van der Waals surface area (Å²) in [5, 5.41) is 9.05. The number of carboxylic acids is 1. The van der Waals surface area contributed by atoms with Crippen molar-refractivity contribution in [3.63, 3.8) is 0 Å². The van der Waals surface area contributed by atoms with Crippen LogP contribution in [0.25, 0.3) is 0 Å². The third kappa shape index (κ3) is 3.59. The molecular formula is C15H16N2O5S. The molecule has 0 atom stereocenters. The van der Waals surface area contributed by atoms with Gasteiger partial charge >= 0.3 is 5.97 Å². The Kier molecular flexibility index (Phi) is 4.55. The molecule has 122 valence electrons. The number of benzene rings is 1. The van der Waals surface area contributed by atoms with Crippen LogP contribution in [-0.4, -0.2) is 24.5 Å². The first-order chi connectivity index (χ1) is 10.7. The van der Waals surface area contributed by atoms with Crippen LogP contribution in [0.4, 0.5) is 5.69 Å². The average molecular weight is 336 g/mol. The van der Waals surface area contributed by atoms with Gasteiger partial charge in [-0.1, -0.05) is 13.0 Å². The van der Waals surface area contributed by atoms with E-state index in [-0.39, 0.29) is 21.7 Å². The van der Waals surface area contributed by atoms with Crippen LogP contribution in [0.1, 0.15) is 28.4 Å². The monoisotopic (exact) mass is 336 g/mol. The summed E-state index contributed by atoms with van der Waals surface area (Å²) in [7, 11) is -3.98. The Hall–Kier alpha value is -2.61.